The number of aliphatic hydroxyl groups excluding tert-OH is 1. The van der Waals surface area contributed by atoms with E-state index in [0.29, 0.717) is 12.6 Å². The third-order valence-electron chi connectivity index (χ3n) is 5.19. The van der Waals surface area contributed by atoms with E-state index in [9.17, 15) is 9.90 Å². The van der Waals surface area contributed by atoms with Crippen molar-refractivity contribution in [1.29, 1.82) is 0 Å². The molecule has 2 aliphatic rings. The molecule has 2 heterocycles. The number of hydrogen-bond acceptors (Lipinski definition) is 4. The van der Waals surface area contributed by atoms with Crippen LogP contribution in [-0.2, 0) is 4.79 Å². The third-order valence-corrected chi connectivity index (χ3v) is 5.19. The number of amides is 1. The van der Waals surface area contributed by atoms with E-state index >= 15 is 0 Å². The van der Waals surface area contributed by atoms with E-state index in [-0.39, 0.29) is 24.1 Å². The van der Waals surface area contributed by atoms with E-state index in [1.165, 1.54) is 0 Å². The Hall–Kier alpha value is -1.59. The molecule has 1 fully saturated rings. The summed E-state index contributed by atoms with van der Waals surface area (Å²) in [4.78, 5) is 15.0. The summed E-state index contributed by atoms with van der Waals surface area (Å²) in [5.74, 6) is 0.934. The van der Waals surface area contributed by atoms with Crippen LogP contribution in [0.4, 0.5) is 0 Å². The van der Waals surface area contributed by atoms with Crippen LogP contribution in [0.5, 0.6) is 5.75 Å². The zero-order valence-electron chi connectivity index (χ0n) is 14.6. The number of nitrogens with one attached hydrogen (secondary N) is 1. The zero-order valence-corrected chi connectivity index (χ0v) is 14.6. The SMILES string of the molecule is CC(O)CC1CCCN1C(C)C(=O)NC1CCOc2ccccc21. The Morgan fingerprint density at radius 1 is 1.38 bits per heavy atom. The Kier molecular flexibility index (Phi) is 5.41. The molecule has 3 rings (SSSR count). The van der Waals surface area contributed by atoms with Crippen LogP contribution in [0.25, 0.3) is 0 Å². The summed E-state index contributed by atoms with van der Waals surface area (Å²) in [5.41, 5.74) is 1.06. The average molecular weight is 332 g/mol. The summed E-state index contributed by atoms with van der Waals surface area (Å²) in [6.45, 7) is 5.35. The molecule has 0 aromatic heterocycles. The minimum Gasteiger partial charge on any atom is -0.493 e. The molecule has 4 unspecified atom stereocenters. The van der Waals surface area contributed by atoms with Crippen LogP contribution in [0.3, 0.4) is 0 Å². The van der Waals surface area contributed by atoms with Crippen molar-refractivity contribution < 1.29 is 14.6 Å². The quantitative estimate of drug-likeness (QED) is 0.868. The van der Waals surface area contributed by atoms with Crippen LogP contribution in [0.2, 0.25) is 0 Å². The highest BCUT2D eigenvalue weighted by Gasteiger charge is 2.34. The summed E-state index contributed by atoms with van der Waals surface area (Å²) in [6, 6.07) is 8.06. The van der Waals surface area contributed by atoms with Crippen molar-refractivity contribution in [2.75, 3.05) is 13.2 Å². The smallest absolute Gasteiger partial charge is 0.237 e. The van der Waals surface area contributed by atoms with Crippen LogP contribution < -0.4 is 10.1 Å². The van der Waals surface area contributed by atoms with Gasteiger partial charge in [0, 0.05) is 18.0 Å². The molecule has 0 saturated carbocycles. The zero-order chi connectivity index (χ0) is 17.1. The molecule has 5 nitrogen and oxygen atoms in total. The van der Waals surface area contributed by atoms with Crippen molar-refractivity contribution in [3.8, 4) is 5.75 Å². The fourth-order valence-corrected chi connectivity index (χ4v) is 3.95. The number of likely N-dealkylation sites (tertiary alicyclic amines) is 1. The Morgan fingerprint density at radius 2 is 2.17 bits per heavy atom. The van der Waals surface area contributed by atoms with Crippen molar-refractivity contribution in [2.24, 2.45) is 0 Å². The second-order valence-corrected chi connectivity index (χ2v) is 7.03. The van der Waals surface area contributed by atoms with E-state index < -0.39 is 0 Å². The number of hydrogen-bond donors (Lipinski definition) is 2. The fraction of sp³-hybridized carbons (Fsp3) is 0.632. The number of carbonyl (C=O) groups is 1. The molecule has 0 bridgehead atoms. The number of benzene rings is 1. The van der Waals surface area contributed by atoms with Gasteiger partial charge in [-0.25, -0.2) is 0 Å². The molecule has 0 aliphatic carbocycles. The molecular weight excluding hydrogens is 304 g/mol. The van der Waals surface area contributed by atoms with Gasteiger partial charge in [0.15, 0.2) is 0 Å². The first-order valence-electron chi connectivity index (χ1n) is 9.02. The molecule has 1 aromatic rings. The van der Waals surface area contributed by atoms with Crippen molar-refractivity contribution in [3.63, 3.8) is 0 Å². The Labute approximate surface area is 144 Å². The van der Waals surface area contributed by atoms with Gasteiger partial charge in [-0.3, -0.25) is 9.69 Å². The fourth-order valence-electron chi connectivity index (χ4n) is 3.95. The van der Waals surface area contributed by atoms with Crippen LogP contribution in [0.1, 0.15) is 51.1 Å². The van der Waals surface area contributed by atoms with Crippen molar-refractivity contribution in [1.82, 2.24) is 10.2 Å². The average Bonchev–Trinajstić information content (AvgIpc) is 3.01. The Morgan fingerprint density at radius 3 is 2.96 bits per heavy atom. The predicted octanol–water partition coefficient (Wildman–Crippen LogP) is 2.25. The lowest BCUT2D eigenvalue weighted by molar-refractivity contribution is -0.127. The van der Waals surface area contributed by atoms with Gasteiger partial charge in [0.25, 0.3) is 0 Å². The number of nitrogens with zero attached hydrogens (tertiary/aromatic N) is 1. The summed E-state index contributed by atoms with van der Waals surface area (Å²) < 4.78 is 5.67. The number of rotatable bonds is 5. The topological polar surface area (TPSA) is 61.8 Å². The van der Waals surface area contributed by atoms with Gasteiger partial charge in [-0.2, -0.15) is 0 Å². The molecule has 0 radical (unpaired) electrons. The second kappa shape index (κ2) is 7.53. The molecule has 5 heteroatoms. The van der Waals surface area contributed by atoms with Gasteiger partial charge in [0.05, 0.1) is 24.8 Å². The van der Waals surface area contributed by atoms with Crippen LogP contribution in [-0.4, -0.2) is 47.3 Å². The lowest BCUT2D eigenvalue weighted by Crippen LogP contribution is -2.49. The Balaban J connectivity index is 1.65. The molecule has 24 heavy (non-hydrogen) atoms. The van der Waals surface area contributed by atoms with Crippen LogP contribution >= 0.6 is 0 Å². The van der Waals surface area contributed by atoms with E-state index in [1.807, 2.05) is 38.1 Å². The maximum Gasteiger partial charge on any atom is 0.237 e. The van der Waals surface area contributed by atoms with Gasteiger partial charge >= 0.3 is 0 Å². The molecule has 1 amide bonds. The van der Waals surface area contributed by atoms with Crippen LogP contribution in [0, 0.1) is 0 Å². The summed E-state index contributed by atoms with van der Waals surface area (Å²) in [6.07, 6.45) is 3.36. The molecular formula is C19H28N2O3. The Bertz CT molecular complexity index is 575. The first kappa shape index (κ1) is 17.2. The minimum atomic E-state index is -0.326. The van der Waals surface area contributed by atoms with Gasteiger partial charge in [0.2, 0.25) is 5.91 Å². The van der Waals surface area contributed by atoms with Gasteiger partial charge in [-0.05, 0) is 45.7 Å². The van der Waals surface area contributed by atoms with E-state index in [2.05, 4.69) is 10.2 Å². The monoisotopic (exact) mass is 332 g/mol. The normalized spacial score (nSPS) is 26.3. The molecule has 1 aromatic carbocycles. The molecule has 0 spiro atoms. The van der Waals surface area contributed by atoms with Gasteiger partial charge in [-0.15, -0.1) is 0 Å². The molecule has 2 N–H and O–H groups in total. The predicted molar refractivity (Wildman–Crippen MR) is 92.9 cm³/mol. The first-order valence-corrected chi connectivity index (χ1v) is 9.02. The van der Waals surface area contributed by atoms with Gasteiger partial charge in [0.1, 0.15) is 5.75 Å². The second-order valence-electron chi connectivity index (χ2n) is 7.03. The molecule has 132 valence electrons. The lowest BCUT2D eigenvalue weighted by atomic mass is 10.00. The van der Waals surface area contributed by atoms with Gasteiger partial charge in [-0.1, -0.05) is 18.2 Å². The first-order chi connectivity index (χ1) is 11.6. The number of ether oxygens (including phenoxy) is 1. The van der Waals surface area contributed by atoms with Gasteiger partial charge < -0.3 is 15.2 Å². The van der Waals surface area contributed by atoms with Crippen molar-refractivity contribution in [3.05, 3.63) is 29.8 Å². The van der Waals surface area contributed by atoms with Crippen molar-refractivity contribution >= 4 is 5.91 Å². The third kappa shape index (κ3) is 3.73. The summed E-state index contributed by atoms with van der Waals surface area (Å²) >= 11 is 0. The van der Waals surface area contributed by atoms with Crippen molar-refractivity contribution in [2.45, 2.75) is 63.8 Å². The minimum absolute atomic E-state index is 0.0164. The van der Waals surface area contributed by atoms with E-state index in [0.717, 1.165) is 43.5 Å². The maximum absolute atomic E-state index is 12.8. The number of fused-ring (bicyclic) bond motifs is 1. The van der Waals surface area contributed by atoms with E-state index in [4.69, 9.17) is 4.74 Å². The molecule has 4 atom stereocenters. The van der Waals surface area contributed by atoms with E-state index in [1.54, 1.807) is 0 Å². The summed E-state index contributed by atoms with van der Waals surface area (Å²) in [7, 11) is 0. The number of aliphatic hydroxyl groups is 1. The number of para-hydroxylation sites is 1. The maximum atomic E-state index is 12.8. The lowest BCUT2D eigenvalue weighted by Gasteiger charge is -2.33. The largest absolute Gasteiger partial charge is 0.493 e. The van der Waals surface area contributed by atoms with Crippen LogP contribution in [0.15, 0.2) is 24.3 Å². The summed E-state index contributed by atoms with van der Waals surface area (Å²) in [5, 5.41) is 12.9. The molecule has 1 saturated heterocycles. The highest BCUT2D eigenvalue weighted by atomic mass is 16.5. The highest BCUT2D eigenvalue weighted by Crippen LogP contribution is 2.32. The number of carbonyl (C=O) groups excluding carboxylic acids is 1. The highest BCUT2D eigenvalue weighted by molar-refractivity contribution is 5.82. The standard InChI is InChI=1S/C19H28N2O3/c1-13(22)12-15-6-5-10-21(15)14(2)19(23)20-17-9-11-24-18-8-4-3-7-16(17)18/h3-4,7-8,13-15,17,22H,5-6,9-12H2,1-2H3,(H,20,23). The molecule has 2 aliphatic heterocycles.